The number of hydrogen-bond acceptors (Lipinski definition) is 3. The fourth-order valence-corrected chi connectivity index (χ4v) is 4.54. The van der Waals surface area contributed by atoms with Crippen molar-refractivity contribution < 1.29 is 19.4 Å². The SMILES string of the molecule is CC1(C(=O)NC2CCOC3(C2)CC(C(=O)O)C3)CCCCCC1. The highest BCUT2D eigenvalue weighted by atomic mass is 16.5. The number of carboxylic acid groups (broad SMARTS) is 1. The lowest BCUT2D eigenvalue weighted by Gasteiger charge is -2.50. The molecule has 1 atom stereocenters. The number of ether oxygens (including phenoxy) is 1. The summed E-state index contributed by atoms with van der Waals surface area (Å²) in [7, 11) is 0. The van der Waals surface area contributed by atoms with E-state index in [1.165, 1.54) is 12.8 Å². The monoisotopic (exact) mass is 323 g/mol. The quantitative estimate of drug-likeness (QED) is 0.783. The number of amides is 1. The summed E-state index contributed by atoms with van der Waals surface area (Å²) in [5.74, 6) is -0.810. The van der Waals surface area contributed by atoms with Gasteiger partial charge in [0.15, 0.2) is 0 Å². The van der Waals surface area contributed by atoms with E-state index < -0.39 is 5.97 Å². The van der Waals surface area contributed by atoms with Gasteiger partial charge in [0, 0.05) is 18.1 Å². The van der Waals surface area contributed by atoms with Crippen LogP contribution in [0.1, 0.15) is 71.1 Å². The van der Waals surface area contributed by atoms with Gasteiger partial charge in [-0.25, -0.2) is 0 Å². The summed E-state index contributed by atoms with van der Waals surface area (Å²) in [6.45, 7) is 2.72. The maximum absolute atomic E-state index is 12.8. The lowest BCUT2D eigenvalue weighted by Crippen LogP contribution is -2.57. The highest BCUT2D eigenvalue weighted by Gasteiger charge is 2.51. The van der Waals surface area contributed by atoms with E-state index in [-0.39, 0.29) is 28.9 Å². The number of aliphatic carboxylic acids is 1. The molecule has 2 saturated carbocycles. The van der Waals surface area contributed by atoms with Gasteiger partial charge < -0.3 is 15.2 Å². The zero-order valence-corrected chi connectivity index (χ0v) is 14.1. The average Bonchev–Trinajstić information content (AvgIpc) is 2.70. The smallest absolute Gasteiger partial charge is 0.306 e. The van der Waals surface area contributed by atoms with Crippen LogP contribution in [-0.4, -0.2) is 35.2 Å². The van der Waals surface area contributed by atoms with Crippen molar-refractivity contribution in [1.82, 2.24) is 5.32 Å². The van der Waals surface area contributed by atoms with Crippen LogP contribution in [0.25, 0.3) is 0 Å². The van der Waals surface area contributed by atoms with Crippen molar-refractivity contribution in [1.29, 1.82) is 0 Å². The second kappa shape index (κ2) is 6.42. The molecular formula is C18H29NO4. The molecule has 130 valence electrons. The fraction of sp³-hybridized carbons (Fsp3) is 0.889. The van der Waals surface area contributed by atoms with Gasteiger partial charge in [0.25, 0.3) is 0 Å². The van der Waals surface area contributed by atoms with Crippen molar-refractivity contribution >= 4 is 11.9 Å². The molecule has 0 aromatic carbocycles. The topological polar surface area (TPSA) is 75.6 Å². The third-order valence-corrected chi connectivity index (χ3v) is 6.17. The van der Waals surface area contributed by atoms with Gasteiger partial charge in [-0.05, 0) is 38.5 Å². The number of nitrogens with one attached hydrogen (secondary N) is 1. The molecule has 2 aliphatic carbocycles. The third kappa shape index (κ3) is 3.54. The minimum Gasteiger partial charge on any atom is -0.481 e. The molecule has 0 radical (unpaired) electrons. The van der Waals surface area contributed by atoms with Crippen molar-refractivity contribution in [2.75, 3.05) is 6.61 Å². The summed E-state index contributed by atoms with van der Waals surface area (Å²) in [5, 5.41) is 12.3. The van der Waals surface area contributed by atoms with Crippen molar-refractivity contribution in [3.63, 3.8) is 0 Å². The first-order valence-corrected chi connectivity index (χ1v) is 9.10. The molecule has 1 heterocycles. The summed E-state index contributed by atoms with van der Waals surface area (Å²) < 4.78 is 5.87. The number of hydrogen-bond donors (Lipinski definition) is 2. The van der Waals surface area contributed by atoms with Gasteiger partial charge in [-0.15, -0.1) is 0 Å². The molecule has 1 saturated heterocycles. The number of carbonyl (C=O) groups is 2. The lowest BCUT2D eigenvalue weighted by molar-refractivity contribution is -0.182. The maximum Gasteiger partial charge on any atom is 0.306 e. The molecule has 1 unspecified atom stereocenters. The minimum absolute atomic E-state index is 0.131. The van der Waals surface area contributed by atoms with Crippen molar-refractivity contribution in [2.24, 2.45) is 11.3 Å². The molecule has 3 rings (SSSR count). The first kappa shape index (κ1) is 16.7. The predicted octanol–water partition coefficient (Wildman–Crippen LogP) is 2.88. The van der Waals surface area contributed by atoms with Gasteiger partial charge >= 0.3 is 5.97 Å². The van der Waals surface area contributed by atoms with Crippen molar-refractivity contribution in [2.45, 2.75) is 82.8 Å². The van der Waals surface area contributed by atoms with Gasteiger partial charge in [0.2, 0.25) is 5.91 Å². The van der Waals surface area contributed by atoms with E-state index in [1.54, 1.807) is 0 Å². The number of carboxylic acids is 1. The van der Waals surface area contributed by atoms with Crippen LogP contribution in [0.4, 0.5) is 0 Å². The van der Waals surface area contributed by atoms with Gasteiger partial charge in [-0.3, -0.25) is 9.59 Å². The molecule has 0 aromatic heterocycles. The summed E-state index contributed by atoms with van der Waals surface area (Å²) >= 11 is 0. The molecule has 3 aliphatic rings. The molecule has 0 aromatic rings. The molecule has 5 heteroatoms. The normalized spacial score (nSPS) is 36.7. The van der Waals surface area contributed by atoms with Crippen LogP contribution in [0.5, 0.6) is 0 Å². The lowest BCUT2D eigenvalue weighted by atomic mass is 9.66. The highest BCUT2D eigenvalue weighted by Crippen LogP contribution is 2.46. The number of rotatable bonds is 3. The molecule has 1 amide bonds. The van der Waals surface area contributed by atoms with Gasteiger partial charge in [-0.2, -0.15) is 0 Å². The average molecular weight is 323 g/mol. The summed E-state index contributed by atoms with van der Waals surface area (Å²) in [6, 6.07) is 0.131. The Morgan fingerprint density at radius 2 is 1.74 bits per heavy atom. The van der Waals surface area contributed by atoms with Gasteiger partial charge in [0.1, 0.15) is 0 Å². The van der Waals surface area contributed by atoms with E-state index >= 15 is 0 Å². The largest absolute Gasteiger partial charge is 0.481 e. The molecule has 1 spiro atoms. The van der Waals surface area contributed by atoms with E-state index in [0.717, 1.165) is 38.5 Å². The van der Waals surface area contributed by atoms with Crippen LogP contribution in [-0.2, 0) is 14.3 Å². The van der Waals surface area contributed by atoms with Crippen LogP contribution in [0, 0.1) is 11.3 Å². The van der Waals surface area contributed by atoms with E-state index in [1.807, 2.05) is 0 Å². The van der Waals surface area contributed by atoms with E-state index in [4.69, 9.17) is 9.84 Å². The minimum atomic E-state index is -0.726. The summed E-state index contributed by atoms with van der Waals surface area (Å²) in [5.41, 5.74) is -0.533. The first-order chi connectivity index (χ1) is 10.9. The Morgan fingerprint density at radius 3 is 2.35 bits per heavy atom. The fourth-order valence-electron chi connectivity index (χ4n) is 4.54. The van der Waals surface area contributed by atoms with E-state index in [0.29, 0.717) is 19.4 Å². The Labute approximate surface area is 138 Å². The first-order valence-electron chi connectivity index (χ1n) is 9.10. The second-order valence-electron chi connectivity index (χ2n) is 8.11. The molecule has 23 heavy (non-hydrogen) atoms. The van der Waals surface area contributed by atoms with Crippen LogP contribution < -0.4 is 5.32 Å². The third-order valence-electron chi connectivity index (χ3n) is 6.17. The molecule has 1 aliphatic heterocycles. The molecule has 3 fully saturated rings. The Bertz CT molecular complexity index is 462. The van der Waals surface area contributed by atoms with Crippen molar-refractivity contribution in [3.05, 3.63) is 0 Å². The van der Waals surface area contributed by atoms with Gasteiger partial charge in [-0.1, -0.05) is 32.6 Å². The molecule has 5 nitrogen and oxygen atoms in total. The Hall–Kier alpha value is -1.10. The van der Waals surface area contributed by atoms with Crippen molar-refractivity contribution in [3.8, 4) is 0 Å². The summed E-state index contributed by atoms with van der Waals surface area (Å²) in [6.07, 6.45) is 9.49. The van der Waals surface area contributed by atoms with Crippen LogP contribution in [0.15, 0.2) is 0 Å². The van der Waals surface area contributed by atoms with E-state index in [2.05, 4.69) is 12.2 Å². The van der Waals surface area contributed by atoms with Crippen LogP contribution >= 0.6 is 0 Å². The Morgan fingerprint density at radius 1 is 1.09 bits per heavy atom. The zero-order valence-electron chi connectivity index (χ0n) is 14.1. The molecule has 0 bridgehead atoms. The Kier molecular flexibility index (Phi) is 4.68. The van der Waals surface area contributed by atoms with E-state index in [9.17, 15) is 9.59 Å². The second-order valence-corrected chi connectivity index (χ2v) is 8.11. The maximum atomic E-state index is 12.8. The van der Waals surface area contributed by atoms with Crippen LogP contribution in [0.2, 0.25) is 0 Å². The van der Waals surface area contributed by atoms with Crippen LogP contribution in [0.3, 0.4) is 0 Å². The summed E-state index contributed by atoms with van der Waals surface area (Å²) in [4.78, 5) is 23.8. The predicted molar refractivity (Wildman–Crippen MR) is 86.0 cm³/mol. The number of carbonyl (C=O) groups excluding carboxylic acids is 1. The standard InChI is InChI=1S/C18H29NO4/c1-17(7-4-2-3-5-8-17)16(22)19-14-6-9-23-18(12-14)10-13(11-18)15(20)21/h13-14H,2-12H2,1H3,(H,19,22)(H,20,21). The molecular weight excluding hydrogens is 294 g/mol. The Balaban J connectivity index is 1.55. The molecule has 2 N–H and O–H groups in total. The highest BCUT2D eigenvalue weighted by molar-refractivity contribution is 5.82. The zero-order chi connectivity index (χ0) is 16.5. The van der Waals surface area contributed by atoms with Gasteiger partial charge in [0.05, 0.1) is 11.5 Å².